The topological polar surface area (TPSA) is 83.1 Å². The minimum absolute atomic E-state index is 0.0298. The number of hydrogen-bond acceptors (Lipinski definition) is 4. The summed E-state index contributed by atoms with van der Waals surface area (Å²) < 4.78 is 5.20. The smallest absolute Gasteiger partial charge is 0.224 e. The van der Waals surface area contributed by atoms with E-state index >= 15 is 0 Å². The normalized spacial score (nSPS) is 10.0. The van der Waals surface area contributed by atoms with Gasteiger partial charge in [0.15, 0.2) is 5.43 Å². The molecule has 2 rings (SSSR count). The molecule has 0 bridgehead atoms. The van der Waals surface area contributed by atoms with Crippen molar-refractivity contribution in [1.29, 1.82) is 5.26 Å². The number of nitrogens with zero attached hydrogens (tertiary/aromatic N) is 1. The molecule has 1 heterocycles. The van der Waals surface area contributed by atoms with Crippen molar-refractivity contribution in [3.63, 3.8) is 0 Å². The third kappa shape index (κ3) is 2.23. The lowest BCUT2D eigenvalue weighted by Gasteiger charge is -2.04. The van der Waals surface area contributed by atoms with Crippen molar-refractivity contribution in [2.45, 2.75) is 13.3 Å². The molecule has 5 nitrogen and oxygen atoms in total. The molecule has 0 unspecified atom stereocenters. The molecule has 0 aliphatic rings. The average Bonchev–Trinajstić information content (AvgIpc) is 2.39. The van der Waals surface area contributed by atoms with Gasteiger partial charge in [-0.2, -0.15) is 5.26 Å². The van der Waals surface area contributed by atoms with Crippen LogP contribution in [0.1, 0.15) is 19.1 Å². The molecule has 0 atom stereocenters. The quantitative estimate of drug-likeness (QED) is 0.873. The number of hydrogen-bond donors (Lipinski definition) is 1. The molecule has 1 aromatic heterocycles. The first-order chi connectivity index (χ1) is 8.63. The van der Waals surface area contributed by atoms with Crippen LogP contribution in [0.3, 0.4) is 0 Å². The monoisotopic (exact) mass is 242 g/mol. The largest absolute Gasteiger partial charge is 0.445 e. The van der Waals surface area contributed by atoms with Gasteiger partial charge in [0.05, 0.1) is 5.39 Å². The Bertz CT molecular complexity index is 710. The second-order valence-corrected chi connectivity index (χ2v) is 3.70. The van der Waals surface area contributed by atoms with Crippen LogP contribution >= 0.6 is 0 Å². The first kappa shape index (κ1) is 11.9. The molecule has 0 aliphatic carbocycles. The lowest BCUT2D eigenvalue weighted by atomic mass is 10.2. The van der Waals surface area contributed by atoms with E-state index in [0.29, 0.717) is 23.1 Å². The summed E-state index contributed by atoms with van der Waals surface area (Å²) in [7, 11) is 0. The molecule has 5 heteroatoms. The van der Waals surface area contributed by atoms with Crippen LogP contribution in [0.4, 0.5) is 5.69 Å². The van der Waals surface area contributed by atoms with Gasteiger partial charge in [0, 0.05) is 18.2 Å². The van der Waals surface area contributed by atoms with Crippen molar-refractivity contribution in [2.75, 3.05) is 5.32 Å². The minimum Gasteiger partial charge on any atom is -0.445 e. The van der Waals surface area contributed by atoms with Gasteiger partial charge in [-0.05, 0) is 18.2 Å². The molecule has 1 N–H and O–H groups in total. The van der Waals surface area contributed by atoms with E-state index in [2.05, 4.69) is 5.32 Å². The Morgan fingerprint density at radius 1 is 1.44 bits per heavy atom. The van der Waals surface area contributed by atoms with Gasteiger partial charge >= 0.3 is 0 Å². The molecule has 1 aromatic carbocycles. The highest BCUT2D eigenvalue weighted by atomic mass is 16.3. The number of carbonyl (C=O) groups excluding carboxylic acids is 1. The number of nitriles is 1. The molecule has 0 spiro atoms. The van der Waals surface area contributed by atoms with Gasteiger partial charge in [-0.3, -0.25) is 9.59 Å². The van der Waals surface area contributed by atoms with Gasteiger partial charge in [-0.25, -0.2) is 0 Å². The van der Waals surface area contributed by atoms with Crippen LogP contribution in [-0.2, 0) is 4.79 Å². The molecule has 18 heavy (non-hydrogen) atoms. The molecule has 90 valence electrons. The summed E-state index contributed by atoms with van der Waals surface area (Å²) in [5, 5.41) is 11.7. The fourth-order valence-electron chi connectivity index (χ4n) is 1.54. The van der Waals surface area contributed by atoms with E-state index in [9.17, 15) is 9.59 Å². The third-order valence-corrected chi connectivity index (χ3v) is 2.44. The predicted octanol–water partition coefficient (Wildman–Crippen LogP) is 2.01. The Morgan fingerprint density at radius 2 is 2.22 bits per heavy atom. The second kappa shape index (κ2) is 4.72. The summed E-state index contributed by atoms with van der Waals surface area (Å²) in [6, 6.07) is 7.63. The summed E-state index contributed by atoms with van der Waals surface area (Å²) in [4.78, 5) is 23.0. The molecule has 0 radical (unpaired) electrons. The Hall–Kier alpha value is -2.61. The van der Waals surface area contributed by atoms with E-state index in [-0.39, 0.29) is 17.1 Å². The lowest BCUT2D eigenvalue weighted by Crippen LogP contribution is -2.10. The fraction of sp³-hybridized carbons (Fsp3) is 0.154. The van der Waals surface area contributed by atoms with Crippen molar-refractivity contribution >= 4 is 22.6 Å². The van der Waals surface area contributed by atoms with E-state index < -0.39 is 0 Å². The summed E-state index contributed by atoms with van der Waals surface area (Å²) in [5.74, 6) is -0.162. The van der Waals surface area contributed by atoms with Gasteiger partial charge in [0.25, 0.3) is 0 Å². The summed E-state index contributed by atoms with van der Waals surface area (Å²) in [5.41, 5.74) is 0.556. The van der Waals surface area contributed by atoms with E-state index in [0.717, 1.165) is 6.07 Å². The maximum atomic E-state index is 11.7. The van der Waals surface area contributed by atoms with Crippen LogP contribution in [0.5, 0.6) is 0 Å². The fourth-order valence-corrected chi connectivity index (χ4v) is 1.54. The van der Waals surface area contributed by atoms with Crippen molar-refractivity contribution < 1.29 is 9.21 Å². The van der Waals surface area contributed by atoms with E-state index in [1.54, 1.807) is 25.1 Å². The van der Waals surface area contributed by atoms with Crippen LogP contribution < -0.4 is 10.7 Å². The molecular formula is C13H10N2O3. The minimum atomic E-state index is -0.305. The number of amides is 1. The zero-order valence-electron chi connectivity index (χ0n) is 9.69. The summed E-state index contributed by atoms with van der Waals surface area (Å²) in [6.45, 7) is 1.74. The maximum Gasteiger partial charge on any atom is 0.224 e. The maximum absolute atomic E-state index is 11.7. The van der Waals surface area contributed by atoms with Gasteiger partial charge in [0.1, 0.15) is 11.7 Å². The predicted molar refractivity (Wildman–Crippen MR) is 66.1 cm³/mol. The number of rotatable bonds is 2. The Balaban J connectivity index is 2.53. The van der Waals surface area contributed by atoms with Crippen LogP contribution in [0, 0.1) is 11.3 Å². The van der Waals surface area contributed by atoms with Crippen LogP contribution in [0.2, 0.25) is 0 Å². The van der Waals surface area contributed by atoms with Crippen LogP contribution in [-0.4, -0.2) is 5.91 Å². The molecule has 0 fully saturated rings. The van der Waals surface area contributed by atoms with Gasteiger partial charge < -0.3 is 9.73 Å². The zero-order chi connectivity index (χ0) is 13.1. The molecule has 0 aliphatic heterocycles. The number of carbonyl (C=O) groups is 1. The Labute approximate surface area is 103 Å². The lowest BCUT2D eigenvalue weighted by molar-refractivity contribution is -0.115. The first-order valence-corrected chi connectivity index (χ1v) is 5.42. The molecule has 2 aromatic rings. The van der Waals surface area contributed by atoms with E-state index in [1.807, 2.05) is 0 Å². The highest BCUT2D eigenvalue weighted by molar-refractivity contribution is 5.93. The number of fused-ring (bicyclic) bond motifs is 1. The van der Waals surface area contributed by atoms with Crippen LogP contribution in [0.25, 0.3) is 11.0 Å². The SMILES string of the molecule is CCC(=O)Nc1ccc2oc(C#N)cc(=O)c2c1. The van der Waals surface area contributed by atoms with Crippen LogP contribution in [0.15, 0.2) is 33.5 Å². The first-order valence-electron chi connectivity index (χ1n) is 5.42. The van der Waals surface area contributed by atoms with E-state index in [4.69, 9.17) is 9.68 Å². The molecule has 0 saturated carbocycles. The number of nitrogens with one attached hydrogen (secondary N) is 1. The highest BCUT2D eigenvalue weighted by Crippen LogP contribution is 2.17. The van der Waals surface area contributed by atoms with Gasteiger partial charge in [-0.15, -0.1) is 0 Å². The van der Waals surface area contributed by atoms with Crippen molar-refractivity contribution in [3.05, 3.63) is 40.2 Å². The van der Waals surface area contributed by atoms with Crippen molar-refractivity contribution in [1.82, 2.24) is 0 Å². The van der Waals surface area contributed by atoms with E-state index in [1.165, 1.54) is 6.07 Å². The Kier molecular flexibility index (Phi) is 3.11. The molecule has 0 saturated heterocycles. The zero-order valence-corrected chi connectivity index (χ0v) is 9.69. The number of benzene rings is 1. The summed E-state index contributed by atoms with van der Waals surface area (Å²) in [6.07, 6.45) is 0.361. The molecule has 1 amide bonds. The van der Waals surface area contributed by atoms with Crippen molar-refractivity contribution in [2.24, 2.45) is 0 Å². The summed E-state index contributed by atoms with van der Waals surface area (Å²) >= 11 is 0. The number of anilines is 1. The Morgan fingerprint density at radius 3 is 2.89 bits per heavy atom. The second-order valence-electron chi connectivity index (χ2n) is 3.70. The van der Waals surface area contributed by atoms with Crippen molar-refractivity contribution in [3.8, 4) is 6.07 Å². The van der Waals surface area contributed by atoms with Gasteiger partial charge in [-0.1, -0.05) is 6.92 Å². The van der Waals surface area contributed by atoms with Gasteiger partial charge in [0.2, 0.25) is 11.7 Å². The highest BCUT2D eigenvalue weighted by Gasteiger charge is 2.06. The average molecular weight is 242 g/mol. The standard InChI is InChI=1S/C13H10N2O3/c1-2-13(17)15-8-3-4-12-10(5-8)11(16)6-9(7-14)18-12/h3-6H,2H2,1H3,(H,15,17). The molecular weight excluding hydrogens is 232 g/mol. The third-order valence-electron chi connectivity index (χ3n) is 2.44.